The summed E-state index contributed by atoms with van der Waals surface area (Å²) in [5.74, 6) is 0.0505. The van der Waals surface area contributed by atoms with Crippen LogP contribution in [-0.4, -0.2) is 41.0 Å². The fourth-order valence-electron chi connectivity index (χ4n) is 4.86. The highest BCUT2D eigenvalue weighted by Gasteiger charge is 2.34. The Morgan fingerprint density at radius 1 is 1.06 bits per heavy atom. The van der Waals surface area contributed by atoms with Crippen molar-refractivity contribution in [3.63, 3.8) is 0 Å². The normalized spacial score (nSPS) is 17.9. The molecule has 2 N–H and O–H groups in total. The number of hydrogen-bond acceptors (Lipinski definition) is 4. The maximum atomic E-state index is 13.4. The number of nitrogens with one attached hydrogen (secondary N) is 1. The standard InChI is InChI=1S/C26H33N3O3/c1-5-24(30)29-15-20-13-21(28-10-6-7-11-28)9-8-19(20)14-23(29)26(32)27-22-12-16(2)25(31)18(4)17(22)3/h8-9,12-13,23,31H,5-7,10-11,14-15H2,1-4H3,(H,27,32)/t23-/m0/s1. The number of fused-ring (bicyclic) bond motifs is 1. The van der Waals surface area contributed by atoms with Crippen LogP contribution in [0.1, 0.15) is 54.0 Å². The zero-order valence-electron chi connectivity index (χ0n) is 19.5. The fraction of sp³-hybridized carbons (Fsp3) is 0.462. The molecular formula is C26H33N3O3. The van der Waals surface area contributed by atoms with Gasteiger partial charge in [-0.15, -0.1) is 0 Å². The van der Waals surface area contributed by atoms with Crippen LogP contribution in [0, 0.1) is 20.8 Å². The number of hydrogen-bond donors (Lipinski definition) is 2. The summed E-state index contributed by atoms with van der Waals surface area (Å²) in [4.78, 5) is 30.3. The van der Waals surface area contributed by atoms with E-state index in [4.69, 9.17) is 0 Å². The van der Waals surface area contributed by atoms with Gasteiger partial charge in [0.15, 0.2) is 0 Å². The summed E-state index contributed by atoms with van der Waals surface area (Å²) in [6.07, 6.45) is 3.30. The highest BCUT2D eigenvalue weighted by molar-refractivity contribution is 5.98. The van der Waals surface area contributed by atoms with E-state index in [0.29, 0.717) is 30.6 Å². The summed E-state index contributed by atoms with van der Waals surface area (Å²) < 4.78 is 0. The van der Waals surface area contributed by atoms with Gasteiger partial charge in [-0.2, -0.15) is 0 Å². The average Bonchev–Trinajstić information content (AvgIpc) is 3.34. The highest BCUT2D eigenvalue weighted by atomic mass is 16.3. The maximum absolute atomic E-state index is 13.4. The molecule has 4 rings (SSSR count). The van der Waals surface area contributed by atoms with E-state index < -0.39 is 6.04 Å². The van der Waals surface area contributed by atoms with E-state index in [9.17, 15) is 14.7 Å². The number of rotatable bonds is 4. The van der Waals surface area contributed by atoms with Gasteiger partial charge < -0.3 is 20.2 Å². The zero-order chi connectivity index (χ0) is 23.0. The van der Waals surface area contributed by atoms with Gasteiger partial charge in [0, 0.05) is 43.9 Å². The van der Waals surface area contributed by atoms with Crippen molar-refractivity contribution in [3.8, 4) is 5.75 Å². The van der Waals surface area contributed by atoms with Gasteiger partial charge in [-0.25, -0.2) is 0 Å². The van der Waals surface area contributed by atoms with Gasteiger partial charge in [0.25, 0.3) is 0 Å². The Morgan fingerprint density at radius 2 is 1.78 bits per heavy atom. The number of benzene rings is 2. The molecule has 0 radical (unpaired) electrons. The molecular weight excluding hydrogens is 402 g/mol. The molecule has 170 valence electrons. The number of carbonyl (C=O) groups excluding carboxylic acids is 2. The Kier molecular flexibility index (Phi) is 6.13. The number of carbonyl (C=O) groups is 2. The smallest absolute Gasteiger partial charge is 0.247 e. The predicted octanol–water partition coefficient (Wildman–Crippen LogP) is 4.22. The van der Waals surface area contributed by atoms with E-state index in [2.05, 4.69) is 28.4 Å². The molecule has 32 heavy (non-hydrogen) atoms. The Labute approximate surface area is 190 Å². The molecule has 2 aliphatic heterocycles. The van der Waals surface area contributed by atoms with Crippen LogP contribution < -0.4 is 10.2 Å². The van der Waals surface area contributed by atoms with E-state index in [1.807, 2.05) is 27.7 Å². The molecule has 1 saturated heterocycles. The molecule has 2 aliphatic rings. The molecule has 2 amide bonds. The minimum atomic E-state index is -0.554. The Morgan fingerprint density at radius 3 is 2.47 bits per heavy atom. The Hall–Kier alpha value is -3.02. The maximum Gasteiger partial charge on any atom is 0.247 e. The Balaban J connectivity index is 1.61. The second-order valence-corrected chi connectivity index (χ2v) is 9.07. The van der Waals surface area contributed by atoms with Gasteiger partial charge in [0.2, 0.25) is 11.8 Å². The van der Waals surface area contributed by atoms with Gasteiger partial charge in [-0.1, -0.05) is 13.0 Å². The van der Waals surface area contributed by atoms with Crippen molar-refractivity contribution < 1.29 is 14.7 Å². The first kappa shape index (κ1) is 22.2. The van der Waals surface area contributed by atoms with Crippen LogP contribution in [0.4, 0.5) is 11.4 Å². The quantitative estimate of drug-likeness (QED) is 0.706. The molecule has 0 saturated carbocycles. The lowest BCUT2D eigenvalue weighted by molar-refractivity contribution is -0.139. The summed E-state index contributed by atoms with van der Waals surface area (Å²) in [6, 6.07) is 7.70. The lowest BCUT2D eigenvalue weighted by atomic mass is 9.92. The average molecular weight is 436 g/mol. The van der Waals surface area contributed by atoms with Gasteiger partial charge in [-0.05, 0) is 79.6 Å². The lowest BCUT2D eigenvalue weighted by Crippen LogP contribution is -2.50. The van der Waals surface area contributed by atoms with Crippen molar-refractivity contribution in [1.29, 1.82) is 0 Å². The third-order valence-corrected chi connectivity index (χ3v) is 7.03. The number of amides is 2. The number of phenolic OH excluding ortho intramolecular Hbond substituents is 1. The second kappa shape index (κ2) is 8.85. The minimum absolute atomic E-state index is 0.0165. The molecule has 2 heterocycles. The largest absolute Gasteiger partial charge is 0.507 e. The molecule has 0 aliphatic carbocycles. The number of aromatic hydroxyl groups is 1. The number of nitrogens with zero attached hydrogens (tertiary/aromatic N) is 2. The van der Waals surface area contributed by atoms with Crippen LogP contribution in [-0.2, 0) is 22.6 Å². The highest BCUT2D eigenvalue weighted by Crippen LogP contribution is 2.33. The van der Waals surface area contributed by atoms with Gasteiger partial charge in [0.1, 0.15) is 11.8 Å². The minimum Gasteiger partial charge on any atom is -0.507 e. The Bertz CT molecular complexity index is 1060. The van der Waals surface area contributed by atoms with Crippen molar-refractivity contribution >= 4 is 23.2 Å². The van der Waals surface area contributed by atoms with Crippen LogP contribution in [0.2, 0.25) is 0 Å². The first-order valence-corrected chi connectivity index (χ1v) is 11.6. The summed E-state index contributed by atoms with van der Waals surface area (Å²) in [6.45, 7) is 9.99. The fourth-order valence-corrected chi connectivity index (χ4v) is 4.86. The van der Waals surface area contributed by atoms with Gasteiger partial charge in [-0.3, -0.25) is 9.59 Å². The van der Waals surface area contributed by atoms with E-state index in [0.717, 1.165) is 35.3 Å². The molecule has 0 aromatic heterocycles. The van der Waals surface area contributed by atoms with Crippen molar-refractivity contribution in [3.05, 3.63) is 52.1 Å². The van der Waals surface area contributed by atoms with E-state index in [-0.39, 0.29) is 17.6 Å². The van der Waals surface area contributed by atoms with Crippen LogP contribution in [0.5, 0.6) is 5.75 Å². The first-order chi connectivity index (χ1) is 15.3. The van der Waals surface area contributed by atoms with E-state index in [1.165, 1.54) is 18.5 Å². The summed E-state index contributed by atoms with van der Waals surface area (Å²) >= 11 is 0. The van der Waals surface area contributed by atoms with Crippen LogP contribution in [0.3, 0.4) is 0 Å². The molecule has 6 heteroatoms. The monoisotopic (exact) mass is 435 g/mol. The number of anilines is 2. The molecule has 1 fully saturated rings. The summed E-state index contributed by atoms with van der Waals surface area (Å²) in [5, 5.41) is 13.2. The predicted molar refractivity (Wildman–Crippen MR) is 127 cm³/mol. The van der Waals surface area contributed by atoms with Crippen molar-refractivity contribution in [2.75, 3.05) is 23.3 Å². The SMILES string of the molecule is CCC(=O)N1Cc2cc(N3CCCC3)ccc2C[C@H]1C(=O)Nc1cc(C)c(O)c(C)c1C. The summed E-state index contributed by atoms with van der Waals surface area (Å²) in [7, 11) is 0. The molecule has 2 aromatic carbocycles. The van der Waals surface area contributed by atoms with Gasteiger partial charge >= 0.3 is 0 Å². The van der Waals surface area contributed by atoms with Crippen LogP contribution in [0.25, 0.3) is 0 Å². The third-order valence-electron chi connectivity index (χ3n) is 7.03. The topological polar surface area (TPSA) is 72.9 Å². The molecule has 6 nitrogen and oxygen atoms in total. The van der Waals surface area contributed by atoms with Crippen molar-refractivity contribution in [1.82, 2.24) is 4.90 Å². The molecule has 2 aromatic rings. The summed E-state index contributed by atoms with van der Waals surface area (Å²) in [5.41, 5.74) is 6.45. The zero-order valence-corrected chi connectivity index (χ0v) is 19.5. The lowest BCUT2D eigenvalue weighted by Gasteiger charge is -2.36. The molecule has 0 bridgehead atoms. The van der Waals surface area contributed by atoms with Gasteiger partial charge in [0.05, 0.1) is 0 Å². The van der Waals surface area contributed by atoms with E-state index in [1.54, 1.807) is 11.0 Å². The second-order valence-electron chi connectivity index (χ2n) is 9.07. The molecule has 0 unspecified atom stereocenters. The molecule has 1 atom stereocenters. The number of aryl methyl sites for hydroxylation is 1. The van der Waals surface area contributed by atoms with E-state index >= 15 is 0 Å². The van der Waals surface area contributed by atoms with Crippen molar-refractivity contribution in [2.24, 2.45) is 0 Å². The first-order valence-electron chi connectivity index (χ1n) is 11.6. The van der Waals surface area contributed by atoms with Crippen LogP contribution >= 0.6 is 0 Å². The van der Waals surface area contributed by atoms with Crippen molar-refractivity contribution in [2.45, 2.75) is 66.0 Å². The molecule has 0 spiro atoms. The van der Waals surface area contributed by atoms with Crippen LogP contribution in [0.15, 0.2) is 24.3 Å². The number of phenols is 1. The third kappa shape index (κ3) is 4.06.